The number of carbonyl (C=O) groups is 4. The Morgan fingerprint density at radius 1 is 0.420 bits per heavy atom. The highest BCUT2D eigenvalue weighted by Gasteiger charge is 2.50. The van der Waals surface area contributed by atoms with Crippen molar-refractivity contribution < 1.29 is 58.2 Å². The summed E-state index contributed by atoms with van der Waals surface area (Å²) in [6, 6.07) is 0. The number of hydrogen-bond donors (Lipinski definition) is 3. The molecule has 1 rings (SSSR count). The summed E-state index contributed by atoms with van der Waals surface area (Å²) >= 11 is 0. The number of aliphatic carboxylic acids is 1. The van der Waals surface area contributed by atoms with Gasteiger partial charge in [0.05, 0.1) is 6.61 Å². The standard InChI is InChI=1S/C69H114O12/c1-4-7-10-13-16-19-22-25-27-29-31-33-35-38-40-43-46-49-52-55-61(70)77-58-60(79-62(71)56-53-50-47-44-42-39-36-34-32-30-28-26-23-20-17-14-11-8-5-2)59-78-69-67(65(74)64(73)66(81-69)68(75)76)80-63(72)57-54-51-48-45-41-37-24-21-18-15-12-9-6-3/h7,10,12,15-16,19,21,24-25,27,31,33,38,40,46,49,60,64-67,69,73-74H,4-6,8-9,11,13-14,17-18,20,22-23,26,28-30,32,34-37,39,41-45,47-48,50-59H2,1-3H3,(H,75,76)/b10-7-,15-12-,19-16-,24-21-,27-25-,33-31-,40-38-,49-46-. The maximum absolute atomic E-state index is 13.2. The molecular weight excluding hydrogens is 1020 g/mol. The fraction of sp³-hybridized carbons (Fsp3) is 0.710. The van der Waals surface area contributed by atoms with Gasteiger partial charge in [0, 0.05) is 19.3 Å². The molecule has 0 spiro atoms. The van der Waals surface area contributed by atoms with Gasteiger partial charge in [-0.15, -0.1) is 0 Å². The number of aliphatic hydroxyl groups is 2. The average molecular weight is 1140 g/mol. The minimum absolute atomic E-state index is 0.0344. The molecule has 1 aliphatic heterocycles. The Morgan fingerprint density at radius 3 is 1.28 bits per heavy atom. The van der Waals surface area contributed by atoms with Gasteiger partial charge in [0.25, 0.3) is 0 Å². The molecular formula is C69H114O12. The molecule has 462 valence electrons. The third kappa shape index (κ3) is 45.8. The Hall–Kier alpha value is -4.36. The molecule has 1 saturated heterocycles. The number of esters is 3. The molecule has 0 radical (unpaired) electrons. The molecule has 81 heavy (non-hydrogen) atoms. The normalized spacial score (nSPS) is 18.4. The molecule has 0 aromatic rings. The van der Waals surface area contributed by atoms with Crippen molar-refractivity contribution in [2.24, 2.45) is 0 Å². The van der Waals surface area contributed by atoms with Crippen LogP contribution in [0.2, 0.25) is 0 Å². The Morgan fingerprint density at radius 2 is 0.827 bits per heavy atom. The lowest BCUT2D eigenvalue weighted by atomic mass is 9.98. The lowest BCUT2D eigenvalue weighted by Gasteiger charge is -2.40. The highest BCUT2D eigenvalue weighted by Crippen LogP contribution is 2.26. The van der Waals surface area contributed by atoms with Crippen molar-refractivity contribution in [1.82, 2.24) is 0 Å². The molecule has 1 fully saturated rings. The summed E-state index contributed by atoms with van der Waals surface area (Å²) in [4.78, 5) is 51.2. The molecule has 0 bridgehead atoms. The smallest absolute Gasteiger partial charge is 0.335 e. The first-order valence-electron chi connectivity index (χ1n) is 32.2. The van der Waals surface area contributed by atoms with Crippen molar-refractivity contribution in [3.8, 4) is 0 Å². The monoisotopic (exact) mass is 1130 g/mol. The third-order valence-electron chi connectivity index (χ3n) is 14.1. The van der Waals surface area contributed by atoms with Crippen LogP contribution in [0.15, 0.2) is 97.2 Å². The molecule has 12 heteroatoms. The lowest BCUT2D eigenvalue weighted by molar-refractivity contribution is -0.301. The summed E-state index contributed by atoms with van der Waals surface area (Å²) < 4.78 is 28.4. The second kappa shape index (κ2) is 56.1. The van der Waals surface area contributed by atoms with E-state index >= 15 is 0 Å². The van der Waals surface area contributed by atoms with E-state index in [0.29, 0.717) is 19.3 Å². The van der Waals surface area contributed by atoms with Gasteiger partial charge in [-0.25, -0.2) is 4.79 Å². The zero-order valence-electron chi connectivity index (χ0n) is 51.0. The van der Waals surface area contributed by atoms with E-state index in [1.165, 1.54) is 96.3 Å². The molecule has 0 saturated carbocycles. The molecule has 1 heterocycles. The van der Waals surface area contributed by atoms with Gasteiger partial charge in [-0.1, -0.05) is 259 Å². The number of allylic oxidation sites excluding steroid dienone is 16. The molecule has 3 N–H and O–H groups in total. The van der Waals surface area contributed by atoms with E-state index in [-0.39, 0.29) is 25.9 Å². The fourth-order valence-electron chi connectivity index (χ4n) is 9.26. The first-order valence-corrected chi connectivity index (χ1v) is 32.2. The Bertz CT molecular complexity index is 1780. The molecule has 0 aromatic carbocycles. The van der Waals surface area contributed by atoms with Crippen LogP contribution >= 0.6 is 0 Å². The summed E-state index contributed by atoms with van der Waals surface area (Å²) in [7, 11) is 0. The lowest BCUT2D eigenvalue weighted by Crippen LogP contribution is -2.61. The molecule has 12 nitrogen and oxygen atoms in total. The van der Waals surface area contributed by atoms with Gasteiger partial charge >= 0.3 is 23.9 Å². The third-order valence-corrected chi connectivity index (χ3v) is 14.1. The molecule has 0 aromatic heterocycles. The van der Waals surface area contributed by atoms with Crippen LogP contribution in [-0.2, 0) is 42.9 Å². The number of carboxylic acid groups (broad SMARTS) is 1. The Balaban J connectivity index is 2.71. The van der Waals surface area contributed by atoms with Crippen molar-refractivity contribution in [1.29, 1.82) is 0 Å². The minimum atomic E-state index is -1.92. The Labute approximate surface area is 492 Å². The van der Waals surface area contributed by atoms with Gasteiger partial charge in [0.2, 0.25) is 0 Å². The number of unbranched alkanes of at least 4 members (excludes halogenated alkanes) is 24. The van der Waals surface area contributed by atoms with Crippen LogP contribution in [0.3, 0.4) is 0 Å². The van der Waals surface area contributed by atoms with Gasteiger partial charge in [-0.2, -0.15) is 0 Å². The van der Waals surface area contributed by atoms with Crippen molar-refractivity contribution in [2.75, 3.05) is 13.2 Å². The van der Waals surface area contributed by atoms with E-state index in [2.05, 4.69) is 106 Å². The first kappa shape index (κ1) is 74.7. The Kier molecular flexibility index (Phi) is 51.7. The molecule has 6 atom stereocenters. The SMILES string of the molecule is CC/C=C\C/C=C\C/C=C\C/C=C\C/C=C\C/C=C\CCC(=O)OCC(COC1OC(C(=O)O)C(O)C(O)C1OC(=O)CCCCCCC/C=C\C/C=C\CCC)OC(=O)CCCCCCCCCCCCCCCCCCCCC. The van der Waals surface area contributed by atoms with Crippen LogP contribution in [-0.4, -0.2) is 89.2 Å². The van der Waals surface area contributed by atoms with Crippen molar-refractivity contribution in [3.63, 3.8) is 0 Å². The van der Waals surface area contributed by atoms with Gasteiger partial charge in [-0.3, -0.25) is 14.4 Å². The summed E-state index contributed by atoms with van der Waals surface area (Å²) in [5, 5.41) is 31.5. The molecule has 1 aliphatic rings. The average Bonchev–Trinajstić information content (AvgIpc) is 3.46. The quantitative estimate of drug-likeness (QED) is 0.0228. The van der Waals surface area contributed by atoms with E-state index in [1.54, 1.807) is 0 Å². The van der Waals surface area contributed by atoms with Crippen LogP contribution in [0.1, 0.15) is 265 Å². The van der Waals surface area contributed by atoms with Crippen molar-refractivity contribution >= 4 is 23.9 Å². The van der Waals surface area contributed by atoms with E-state index < -0.39 is 67.3 Å². The topological polar surface area (TPSA) is 175 Å². The number of ether oxygens (including phenoxy) is 5. The molecule has 0 amide bonds. The maximum Gasteiger partial charge on any atom is 0.335 e. The predicted molar refractivity (Wildman–Crippen MR) is 331 cm³/mol. The minimum Gasteiger partial charge on any atom is -0.479 e. The summed E-state index contributed by atoms with van der Waals surface area (Å²) in [5.74, 6) is -3.24. The van der Waals surface area contributed by atoms with Crippen molar-refractivity contribution in [2.45, 2.75) is 302 Å². The zero-order chi connectivity index (χ0) is 58.9. The van der Waals surface area contributed by atoms with Crippen LogP contribution in [0.25, 0.3) is 0 Å². The highest BCUT2D eigenvalue weighted by molar-refractivity contribution is 5.74. The maximum atomic E-state index is 13.2. The number of hydrogen-bond acceptors (Lipinski definition) is 11. The summed E-state index contributed by atoms with van der Waals surface area (Å²) in [6.07, 6.45) is 62.4. The summed E-state index contributed by atoms with van der Waals surface area (Å²) in [6.45, 7) is 5.77. The predicted octanol–water partition coefficient (Wildman–Crippen LogP) is 17.2. The summed E-state index contributed by atoms with van der Waals surface area (Å²) in [5.41, 5.74) is 0. The van der Waals surface area contributed by atoms with Gasteiger partial charge in [-0.05, 0) is 83.5 Å². The van der Waals surface area contributed by atoms with E-state index in [9.17, 15) is 34.5 Å². The van der Waals surface area contributed by atoms with Crippen LogP contribution in [0.5, 0.6) is 0 Å². The van der Waals surface area contributed by atoms with E-state index in [4.69, 9.17) is 23.7 Å². The molecule has 0 aliphatic carbocycles. The van der Waals surface area contributed by atoms with Gasteiger partial charge in [0.15, 0.2) is 24.6 Å². The number of carboxylic acids is 1. The number of carbonyl (C=O) groups excluding carboxylic acids is 3. The van der Waals surface area contributed by atoms with Crippen LogP contribution < -0.4 is 0 Å². The van der Waals surface area contributed by atoms with E-state index in [0.717, 1.165) is 109 Å². The first-order chi connectivity index (χ1) is 39.6. The van der Waals surface area contributed by atoms with Crippen LogP contribution in [0, 0.1) is 0 Å². The van der Waals surface area contributed by atoms with E-state index in [1.807, 2.05) is 12.2 Å². The van der Waals surface area contributed by atoms with Crippen molar-refractivity contribution in [3.05, 3.63) is 97.2 Å². The van der Waals surface area contributed by atoms with Gasteiger partial charge < -0.3 is 39.0 Å². The van der Waals surface area contributed by atoms with Crippen LogP contribution in [0.4, 0.5) is 0 Å². The zero-order valence-corrected chi connectivity index (χ0v) is 51.0. The number of aliphatic hydroxyl groups excluding tert-OH is 2. The highest BCUT2D eigenvalue weighted by atomic mass is 16.7. The number of rotatable bonds is 54. The largest absolute Gasteiger partial charge is 0.479 e. The fourth-order valence-corrected chi connectivity index (χ4v) is 9.26. The second-order valence-electron chi connectivity index (χ2n) is 21.7. The molecule has 6 unspecified atom stereocenters. The second-order valence-corrected chi connectivity index (χ2v) is 21.7. The van der Waals surface area contributed by atoms with Gasteiger partial charge in [0.1, 0.15) is 18.8 Å².